The number of hydrogen-bond acceptors (Lipinski definition) is 2. The van der Waals surface area contributed by atoms with Crippen LogP contribution in [0.4, 0.5) is 10.1 Å². The van der Waals surface area contributed by atoms with Crippen LogP contribution in [0.25, 0.3) is 0 Å². The standard InChI is InChI=1S/C13H18FNO/c1-4-10(5-2)15(3)13-8-6-7-12(14)11(13)9-16/h6-10H,4-5H2,1-3H3. The molecule has 1 aromatic rings. The smallest absolute Gasteiger partial charge is 0.155 e. The number of rotatable bonds is 5. The summed E-state index contributed by atoms with van der Waals surface area (Å²) in [6, 6.07) is 5.07. The molecule has 88 valence electrons. The molecule has 3 heteroatoms. The van der Waals surface area contributed by atoms with Gasteiger partial charge in [-0.25, -0.2) is 4.39 Å². The van der Waals surface area contributed by atoms with Gasteiger partial charge >= 0.3 is 0 Å². The van der Waals surface area contributed by atoms with Crippen LogP contribution in [0, 0.1) is 5.82 Å². The molecule has 0 aliphatic carbocycles. The van der Waals surface area contributed by atoms with Crippen molar-refractivity contribution in [1.82, 2.24) is 0 Å². The van der Waals surface area contributed by atoms with Gasteiger partial charge in [-0.2, -0.15) is 0 Å². The number of aldehydes is 1. The van der Waals surface area contributed by atoms with E-state index in [0.717, 1.165) is 12.8 Å². The molecule has 1 aromatic carbocycles. The number of benzene rings is 1. The van der Waals surface area contributed by atoms with E-state index in [4.69, 9.17) is 0 Å². The van der Waals surface area contributed by atoms with Crippen LogP contribution in [0.3, 0.4) is 0 Å². The summed E-state index contributed by atoms with van der Waals surface area (Å²) in [4.78, 5) is 12.9. The van der Waals surface area contributed by atoms with Gasteiger partial charge in [0.1, 0.15) is 5.82 Å². The highest BCUT2D eigenvalue weighted by atomic mass is 19.1. The summed E-state index contributed by atoms with van der Waals surface area (Å²) in [6.45, 7) is 4.18. The normalized spacial score (nSPS) is 10.6. The molecule has 2 nitrogen and oxygen atoms in total. The summed E-state index contributed by atoms with van der Waals surface area (Å²) in [6.07, 6.45) is 2.53. The van der Waals surface area contributed by atoms with Crippen LogP contribution >= 0.6 is 0 Å². The SMILES string of the molecule is CCC(CC)N(C)c1cccc(F)c1C=O. The average Bonchev–Trinajstić information content (AvgIpc) is 2.30. The summed E-state index contributed by atoms with van der Waals surface area (Å²) >= 11 is 0. The van der Waals surface area contributed by atoms with Gasteiger partial charge in [0.25, 0.3) is 0 Å². The first-order chi connectivity index (χ1) is 7.65. The summed E-state index contributed by atoms with van der Waals surface area (Å²) in [5.74, 6) is -0.453. The number of halogens is 1. The third-order valence-electron chi connectivity index (χ3n) is 3.02. The monoisotopic (exact) mass is 223 g/mol. The van der Waals surface area contributed by atoms with Crippen LogP contribution < -0.4 is 4.90 Å². The van der Waals surface area contributed by atoms with Gasteiger partial charge in [0.2, 0.25) is 0 Å². The summed E-state index contributed by atoms with van der Waals surface area (Å²) in [5.41, 5.74) is 0.820. The van der Waals surface area contributed by atoms with Crippen molar-refractivity contribution in [2.24, 2.45) is 0 Å². The zero-order valence-corrected chi connectivity index (χ0v) is 10.0. The van der Waals surface area contributed by atoms with Crippen molar-refractivity contribution in [2.45, 2.75) is 32.7 Å². The first-order valence-corrected chi connectivity index (χ1v) is 5.62. The van der Waals surface area contributed by atoms with Crippen LogP contribution in [0.2, 0.25) is 0 Å². The van der Waals surface area contributed by atoms with E-state index in [1.807, 2.05) is 11.9 Å². The molecule has 1 rings (SSSR count). The van der Waals surface area contributed by atoms with Crippen molar-refractivity contribution in [1.29, 1.82) is 0 Å². The molecule has 0 aliphatic heterocycles. The Balaban J connectivity index is 3.11. The Labute approximate surface area is 96.1 Å². The van der Waals surface area contributed by atoms with Gasteiger partial charge in [0.15, 0.2) is 6.29 Å². The first-order valence-electron chi connectivity index (χ1n) is 5.62. The molecule has 0 fully saturated rings. The lowest BCUT2D eigenvalue weighted by Gasteiger charge is -2.29. The Morgan fingerprint density at radius 2 is 2.00 bits per heavy atom. The number of carbonyl (C=O) groups is 1. The summed E-state index contributed by atoms with van der Waals surface area (Å²) in [5, 5.41) is 0. The van der Waals surface area contributed by atoms with E-state index in [-0.39, 0.29) is 5.56 Å². The lowest BCUT2D eigenvalue weighted by atomic mass is 10.1. The summed E-state index contributed by atoms with van der Waals surface area (Å²) in [7, 11) is 1.90. The molecule has 0 saturated heterocycles. The van der Waals surface area contributed by atoms with Gasteiger partial charge < -0.3 is 4.90 Å². The first kappa shape index (κ1) is 12.7. The number of nitrogens with zero attached hydrogens (tertiary/aromatic N) is 1. The fourth-order valence-electron chi connectivity index (χ4n) is 1.98. The Morgan fingerprint density at radius 1 is 1.38 bits per heavy atom. The van der Waals surface area contributed by atoms with Crippen molar-refractivity contribution >= 4 is 12.0 Å². The highest BCUT2D eigenvalue weighted by Gasteiger charge is 2.16. The molecule has 16 heavy (non-hydrogen) atoms. The summed E-state index contributed by atoms with van der Waals surface area (Å²) < 4.78 is 13.4. The Bertz CT molecular complexity index is 361. The van der Waals surface area contributed by atoms with Gasteiger partial charge in [0.05, 0.1) is 11.3 Å². The number of hydrogen-bond donors (Lipinski definition) is 0. The fraction of sp³-hybridized carbons (Fsp3) is 0.462. The van der Waals surface area contributed by atoms with Crippen LogP contribution in [0.1, 0.15) is 37.0 Å². The number of carbonyl (C=O) groups excluding carboxylic acids is 1. The fourth-order valence-corrected chi connectivity index (χ4v) is 1.98. The van der Waals surface area contributed by atoms with E-state index in [9.17, 15) is 9.18 Å². The van der Waals surface area contributed by atoms with E-state index in [2.05, 4.69) is 13.8 Å². The van der Waals surface area contributed by atoms with Crippen LogP contribution in [0.5, 0.6) is 0 Å². The maximum atomic E-state index is 13.4. The minimum atomic E-state index is -0.453. The highest BCUT2D eigenvalue weighted by Crippen LogP contribution is 2.24. The Morgan fingerprint density at radius 3 is 2.50 bits per heavy atom. The molecule has 0 heterocycles. The molecule has 0 atom stereocenters. The molecule has 0 N–H and O–H groups in total. The molecule has 0 bridgehead atoms. The molecular weight excluding hydrogens is 205 g/mol. The zero-order valence-electron chi connectivity index (χ0n) is 10.0. The van der Waals surface area contributed by atoms with Crippen molar-refractivity contribution in [3.05, 3.63) is 29.6 Å². The highest BCUT2D eigenvalue weighted by molar-refractivity contribution is 5.85. The molecule has 0 amide bonds. The molecule has 0 unspecified atom stereocenters. The van der Waals surface area contributed by atoms with Gasteiger partial charge in [-0.1, -0.05) is 19.9 Å². The Hall–Kier alpha value is -1.38. The molecule has 0 aliphatic rings. The predicted octanol–water partition coefficient (Wildman–Crippen LogP) is 3.26. The lowest BCUT2D eigenvalue weighted by Crippen LogP contribution is -2.31. The number of anilines is 1. The zero-order chi connectivity index (χ0) is 12.1. The predicted molar refractivity (Wildman–Crippen MR) is 64.6 cm³/mol. The minimum Gasteiger partial charge on any atom is -0.371 e. The Kier molecular flexibility index (Phi) is 4.47. The molecule has 0 spiro atoms. The van der Waals surface area contributed by atoms with Crippen molar-refractivity contribution in [3.8, 4) is 0 Å². The molecule has 0 radical (unpaired) electrons. The topological polar surface area (TPSA) is 20.3 Å². The van der Waals surface area contributed by atoms with Crippen molar-refractivity contribution < 1.29 is 9.18 Å². The van der Waals surface area contributed by atoms with E-state index < -0.39 is 5.82 Å². The van der Waals surface area contributed by atoms with Gasteiger partial charge in [0, 0.05) is 13.1 Å². The van der Waals surface area contributed by atoms with E-state index in [0.29, 0.717) is 18.0 Å². The maximum absolute atomic E-state index is 13.4. The van der Waals surface area contributed by atoms with Crippen LogP contribution in [0.15, 0.2) is 18.2 Å². The minimum absolute atomic E-state index is 0.150. The van der Waals surface area contributed by atoms with Gasteiger partial charge in [-0.15, -0.1) is 0 Å². The van der Waals surface area contributed by atoms with E-state index in [1.165, 1.54) is 6.07 Å². The van der Waals surface area contributed by atoms with Crippen LogP contribution in [-0.4, -0.2) is 19.4 Å². The quantitative estimate of drug-likeness (QED) is 0.714. The second-order valence-corrected chi connectivity index (χ2v) is 3.87. The van der Waals surface area contributed by atoms with Crippen molar-refractivity contribution in [2.75, 3.05) is 11.9 Å². The lowest BCUT2D eigenvalue weighted by molar-refractivity contribution is 0.112. The third kappa shape index (κ3) is 2.40. The maximum Gasteiger partial charge on any atom is 0.155 e. The third-order valence-corrected chi connectivity index (χ3v) is 3.02. The second-order valence-electron chi connectivity index (χ2n) is 3.87. The van der Waals surface area contributed by atoms with E-state index in [1.54, 1.807) is 12.1 Å². The second kappa shape index (κ2) is 5.64. The van der Waals surface area contributed by atoms with Gasteiger partial charge in [-0.05, 0) is 25.0 Å². The van der Waals surface area contributed by atoms with Crippen molar-refractivity contribution in [3.63, 3.8) is 0 Å². The molecule has 0 saturated carbocycles. The largest absolute Gasteiger partial charge is 0.371 e. The molecule has 0 aromatic heterocycles. The average molecular weight is 223 g/mol. The van der Waals surface area contributed by atoms with Crippen LogP contribution in [-0.2, 0) is 0 Å². The van der Waals surface area contributed by atoms with Gasteiger partial charge in [-0.3, -0.25) is 4.79 Å². The van der Waals surface area contributed by atoms with E-state index >= 15 is 0 Å². The molecular formula is C13H18FNO.